The lowest BCUT2D eigenvalue weighted by Gasteiger charge is -2.34. The van der Waals surface area contributed by atoms with Crippen molar-refractivity contribution < 1.29 is 24.2 Å². The van der Waals surface area contributed by atoms with Crippen molar-refractivity contribution in [3.8, 4) is 0 Å². The van der Waals surface area contributed by atoms with E-state index in [1.165, 1.54) is 16.6 Å². The Balaban J connectivity index is 1.82. The second-order valence-corrected chi connectivity index (χ2v) is 9.15. The van der Waals surface area contributed by atoms with Gasteiger partial charge in [-0.25, -0.2) is 4.68 Å². The summed E-state index contributed by atoms with van der Waals surface area (Å²) in [5.41, 5.74) is 0.0383. The summed E-state index contributed by atoms with van der Waals surface area (Å²) in [7, 11) is 1.51. The van der Waals surface area contributed by atoms with E-state index in [0.717, 1.165) is 0 Å². The SMILES string of the molecule is CNC(=O)[C@H]1CC(O)CN1C(=O)C(n1cc(CN2CCOCCC2=O)nn1)C(C)(C)C. The van der Waals surface area contributed by atoms with Gasteiger partial charge in [0, 0.05) is 26.6 Å². The number of ether oxygens (including phenoxy) is 1. The van der Waals surface area contributed by atoms with Crippen LogP contribution in [0.3, 0.4) is 0 Å². The van der Waals surface area contributed by atoms with E-state index in [4.69, 9.17) is 4.74 Å². The van der Waals surface area contributed by atoms with E-state index in [1.807, 2.05) is 20.8 Å². The van der Waals surface area contributed by atoms with E-state index in [2.05, 4.69) is 15.6 Å². The predicted octanol–water partition coefficient (Wildman–Crippen LogP) is -0.678. The molecule has 11 heteroatoms. The van der Waals surface area contributed by atoms with Crippen molar-refractivity contribution in [2.45, 2.75) is 58.3 Å². The van der Waals surface area contributed by atoms with Gasteiger partial charge in [-0.1, -0.05) is 26.0 Å². The molecule has 3 atom stereocenters. The number of aliphatic hydroxyl groups excluding tert-OH is 1. The van der Waals surface area contributed by atoms with Gasteiger partial charge < -0.3 is 25.0 Å². The predicted molar refractivity (Wildman–Crippen MR) is 110 cm³/mol. The van der Waals surface area contributed by atoms with Crippen LogP contribution in [0, 0.1) is 5.41 Å². The van der Waals surface area contributed by atoms with Gasteiger partial charge in [0.25, 0.3) is 0 Å². The summed E-state index contributed by atoms with van der Waals surface area (Å²) < 4.78 is 6.85. The molecule has 3 heterocycles. The fraction of sp³-hybridized carbons (Fsp3) is 0.750. The fourth-order valence-corrected chi connectivity index (χ4v) is 4.10. The highest BCUT2D eigenvalue weighted by molar-refractivity contribution is 5.90. The van der Waals surface area contributed by atoms with E-state index < -0.39 is 23.6 Å². The summed E-state index contributed by atoms with van der Waals surface area (Å²) in [6.45, 7) is 7.48. The Kier molecular flexibility index (Phi) is 6.95. The molecule has 0 aliphatic carbocycles. The van der Waals surface area contributed by atoms with Crippen LogP contribution in [0.5, 0.6) is 0 Å². The second kappa shape index (κ2) is 9.31. The molecule has 0 radical (unpaired) electrons. The molecule has 3 amide bonds. The summed E-state index contributed by atoms with van der Waals surface area (Å²) in [5, 5.41) is 21.0. The molecule has 172 valence electrons. The molecule has 2 N–H and O–H groups in total. The lowest BCUT2D eigenvalue weighted by Crippen LogP contribution is -2.49. The number of aliphatic hydroxyl groups is 1. The lowest BCUT2D eigenvalue weighted by molar-refractivity contribution is -0.144. The molecule has 11 nitrogen and oxygen atoms in total. The van der Waals surface area contributed by atoms with E-state index in [-0.39, 0.29) is 37.2 Å². The van der Waals surface area contributed by atoms with Crippen LogP contribution in [-0.2, 0) is 25.7 Å². The first-order valence-electron chi connectivity index (χ1n) is 10.6. The minimum Gasteiger partial charge on any atom is -0.391 e. The zero-order chi connectivity index (χ0) is 22.8. The maximum Gasteiger partial charge on any atom is 0.248 e. The van der Waals surface area contributed by atoms with Crippen LogP contribution in [0.4, 0.5) is 0 Å². The Bertz CT molecular complexity index is 819. The van der Waals surface area contributed by atoms with Crippen LogP contribution >= 0.6 is 0 Å². The molecule has 2 fully saturated rings. The van der Waals surface area contributed by atoms with Crippen molar-refractivity contribution in [1.29, 1.82) is 0 Å². The van der Waals surface area contributed by atoms with Crippen LogP contribution in [0.25, 0.3) is 0 Å². The summed E-state index contributed by atoms with van der Waals surface area (Å²) in [5.74, 6) is -0.609. The average molecular weight is 437 g/mol. The third kappa shape index (κ3) is 5.21. The van der Waals surface area contributed by atoms with Crippen molar-refractivity contribution >= 4 is 17.7 Å². The monoisotopic (exact) mass is 436 g/mol. The Morgan fingerprint density at radius 1 is 1.35 bits per heavy atom. The number of nitrogens with one attached hydrogen (secondary N) is 1. The first-order valence-corrected chi connectivity index (χ1v) is 10.6. The number of carbonyl (C=O) groups excluding carboxylic acids is 3. The standard InChI is InChI=1S/C20H32N6O5/c1-20(2,3)17(19(30)25-12-14(27)9-15(25)18(29)21-4)26-11-13(22-23-26)10-24-6-8-31-7-5-16(24)28/h11,14-15,17,27H,5-10,12H2,1-4H3,(H,21,29)/t14?,15-,17?/m1/s1. The van der Waals surface area contributed by atoms with Gasteiger partial charge in [0.2, 0.25) is 17.7 Å². The van der Waals surface area contributed by atoms with Crippen molar-refractivity contribution in [2.24, 2.45) is 5.41 Å². The van der Waals surface area contributed by atoms with Gasteiger partial charge in [-0.3, -0.25) is 14.4 Å². The van der Waals surface area contributed by atoms with Crippen molar-refractivity contribution in [3.05, 3.63) is 11.9 Å². The van der Waals surface area contributed by atoms with Crippen molar-refractivity contribution in [2.75, 3.05) is 33.4 Å². The van der Waals surface area contributed by atoms with Crippen LogP contribution in [0.15, 0.2) is 6.20 Å². The second-order valence-electron chi connectivity index (χ2n) is 9.15. The molecule has 2 unspecified atom stereocenters. The summed E-state index contributed by atoms with van der Waals surface area (Å²) in [6, 6.07) is -1.45. The number of β-amino-alcohol motifs (C(OH)–C–C–N with tert-alkyl or cyclic N) is 1. The first-order chi connectivity index (χ1) is 14.6. The van der Waals surface area contributed by atoms with Gasteiger partial charge in [-0.15, -0.1) is 5.10 Å². The van der Waals surface area contributed by atoms with Gasteiger partial charge in [0.1, 0.15) is 17.8 Å². The molecule has 1 aromatic rings. The number of nitrogens with zero attached hydrogens (tertiary/aromatic N) is 5. The Labute approximate surface area is 181 Å². The van der Waals surface area contributed by atoms with Gasteiger partial charge >= 0.3 is 0 Å². The number of hydrogen-bond acceptors (Lipinski definition) is 7. The molecule has 0 saturated carbocycles. The summed E-state index contributed by atoms with van der Waals surface area (Å²) in [4.78, 5) is 41.1. The van der Waals surface area contributed by atoms with E-state index in [9.17, 15) is 19.5 Å². The number of hydrogen-bond donors (Lipinski definition) is 2. The highest BCUT2D eigenvalue weighted by atomic mass is 16.5. The molecule has 0 spiro atoms. The highest BCUT2D eigenvalue weighted by Gasteiger charge is 2.45. The van der Waals surface area contributed by atoms with E-state index in [0.29, 0.717) is 31.9 Å². The van der Waals surface area contributed by atoms with Gasteiger partial charge in [0.05, 0.1) is 38.5 Å². The number of aromatic nitrogens is 3. The molecule has 2 aliphatic rings. The van der Waals surface area contributed by atoms with Gasteiger partial charge in [-0.05, 0) is 5.41 Å². The average Bonchev–Trinajstić information content (AvgIpc) is 3.25. The zero-order valence-electron chi connectivity index (χ0n) is 18.6. The highest BCUT2D eigenvalue weighted by Crippen LogP contribution is 2.34. The number of likely N-dealkylation sites (N-methyl/N-ethyl adjacent to an activating group) is 1. The Morgan fingerprint density at radius 3 is 2.77 bits per heavy atom. The fourth-order valence-electron chi connectivity index (χ4n) is 4.10. The van der Waals surface area contributed by atoms with E-state index >= 15 is 0 Å². The largest absolute Gasteiger partial charge is 0.391 e. The molecule has 2 saturated heterocycles. The van der Waals surface area contributed by atoms with E-state index in [1.54, 1.807) is 11.1 Å². The molecule has 2 aliphatic heterocycles. The van der Waals surface area contributed by atoms with Crippen LogP contribution in [0.1, 0.15) is 45.3 Å². The van der Waals surface area contributed by atoms with Crippen LogP contribution in [0.2, 0.25) is 0 Å². The normalized spacial score (nSPS) is 23.6. The number of likely N-dealkylation sites (tertiary alicyclic amines) is 1. The van der Waals surface area contributed by atoms with Gasteiger partial charge in [-0.2, -0.15) is 0 Å². The molecule has 1 aromatic heterocycles. The molecular weight excluding hydrogens is 404 g/mol. The number of carbonyl (C=O) groups is 3. The minimum atomic E-state index is -0.755. The summed E-state index contributed by atoms with van der Waals surface area (Å²) >= 11 is 0. The number of amides is 3. The molecule has 3 rings (SSSR count). The first kappa shape index (κ1) is 23.1. The van der Waals surface area contributed by atoms with Crippen molar-refractivity contribution in [1.82, 2.24) is 30.1 Å². The Morgan fingerprint density at radius 2 is 2.10 bits per heavy atom. The van der Waals surface area contributed by atoms with Crippen LogP contribution in [-0.4, -0.2) is 93.1 Å². The molecule has 0 bridgehead atoms. The maximum atomic E-state index is 13.5. The topological polar surface area (TPSA) is 130 Å². The maximum absolute atomic E-state index is 13.5. The van der Waals surface area contributed by atoms with Crippen LogP contribution < -0.4 is 5.32 Å². The smallest absolute Gasteiger partial charge is 0.248 e. The quantitative estimate of drug-likeness (QED) is 0.626. The summed E-state index contributed by atoms with van der Waals surface area (Å²) in [6.07, 6.45) is 1.45. The molecule has 0 aromatic carbocycles. The third-order valence-electron chi connectivity index (χ3n) is 5.66. The number of rotatable bonds is 5. The minimum absolute atomic E-state index is 0.00466. The zero-order valence-corrected chi connectivity index (χ0v) is 18.6. The Hall–Kier alpha value is -2.53. The molecular formula is C20H32N6O5. The lowest BCUT2D eigenvalue weighted by atomic mass is 9.85. The van der Waals surface area contributed by atoms with Gasteiger partial charge in [0.15, 0.2) is 0 Å². The molecule has 31 heavy (non-hydrogen) atoms. The van der Waals surface area contributed by atoms with Crippen molar-refractivity contribution in [3.63, 3.8) is 0 Å². The third-order valence-corrected chi connectivity index (χ3v) is 5.66.